The zero-order chi connectivity index (χ0) is 15.6. The predicted octanol–water partition coefficient (Wildman–Crippen LogP) is 5.21. The number of rotatable bonds is 6. The summed E-state index contributed by atoms with van der Waals surface area (Å²) >= 11 is 9.75. The number of halogens is 1. The van der Waals surface area contributed by atoms with E-state index in [0.29, 0.717) is 6.04 Å². The number of thioether (sulfide) groups is 1. The number of thiophene rings is 1. The highest BCUT2D eigenvalue weighted by Crippen LogP contribution is 2.40. The normalized spacial score (nSPS) is 14.3. The van der Waals surface area contributed by atoms with Crippen molar-refractivity contribution in [3.8, 4) is 0 Å². The van der Waals surface area contributed by atoms with Crippen LogP contribution in [0.25, 0.3) is 0 Å². The highest BCUT2D eigenvalue weighted by Gasteiger charge is 2.29. The molecule has 6 heteroatoms. The van der Waals surface area contributed by atoms with Gasteiger partial charge in [0, 0.05) is 28.1 Å². The third-order valence-corrected chi connectivity index (χ3v) is 6.11. The molecule has 0 N–H and O–H groups in total. The Morgan fingerprint density at radius 2 is 2.04 bits per heavy atom. The first-order valence-electron chi connectivity index (χ1n) is 7.63. The van der Waals surface area contributed by atoms with Gasteiger partial charge in [-0.05, 0) is 35.9 Å². The van der Waals surface area contributed by atoms with E-state index in [1.807, 2.05) is 18.2 Å². The lowest BCUT2D eigenvalue weighted by atomic mass is 10.2. The van der Waals surface area contributed by atoms with Crippen LogP contribution in [-0.2, 0) is 12.2 Å². The van der Waals surface area contributed by atoms with E-state index in [1.165, 1.54) is 17.7 Å². The fourth-order valence-electron chi connectivity index (χ4n) is 2.55. The fraction of sp³-hybridized carbons (Fsp3) is 0.294. The number of nitrogens with zero attached hydrogens (tertiary/aromatic N) is 3. The first-order valence-corrected chi connectivity index (χ1v) is 9.88. The molecule has 2 heterocycles. The number of hydrogen-bond acceptors (Lipinski definition) is 4. The van der Waals surface area contributed by atoms with Crippen LogP contribution in [0.4, 0.5) is 0 Å². The minimum absolute atomic E-state index is 0.578. The van der Waals surface area contributed by atoms with Crippen LogP contribution < -0.4 is 0 Å². The Labute approximate surface area is 148 Å². The zero-order valence-corrected chi connectivity index (χ0v) is 14.9. The Balaban J connectivity index is 1.54. The van der Waals surface area contributed by atoms with Gasteiger partial charge in [-0.2, -0.15) is 0 Å². The van der Waals surface area contributed by atoms with Crippen molar-refractivity contribution < 1.29 is 0 Å². The summed E-state index contributed by atoms with van der Waals surface area (Å²) in [6.07, 6.45) is 3.33. The molecule has 3 nitrogen and oxygen atoms in total. The highest BCUT2D eigenvalue weighted by molar-refractivity contribution is 7.98. The molecule has 3 aromatic rings. The number of hydrogen-bond donors (Lipinski definition) is 0. The van der Waals surface area contributed by atoms with Gasteiger partial charge in [0.2, 0.25) is 0 Å². The van der Waals surface area contributed by atoms with Crippen LogP contribution in [0.1, 0.15) is 35.1 Å². The Kier molecular flexibility index (Phi) is 4.42. The summed E-state index contributed by atoms with van der Waals surface area (Å²) in [6.45, 7) is 0. The first-order chi connectivity index (χ1) is 11.3. The molecule has 1 aliphatic carbocycles. The fourth-order valence-corrected chi connectivity index (χ4v) is 4.56. The maximum absolute atomic E-state index is 6.25. The molecule has 0 bridgehead atoms. The van der Waals surface area contributed by atoms with Crippen molar-refractivity contribution in [1.29, 1.82) is 0 Å². The van der Waals surface area contributed by atoms with Gasteiger partial charge in [0.25, 0.3) is 0 Å². The first kappa shape index (κ1) is 15.2. The third kappa shape index (κ3) is 3.47. The molecule has 0 unspecified atom stereocenters. The Morgan fingerprint density at radius 3 is 2.78 bits per heavy atom. The maximum Gasteiger partial charge on any atom is 0.191 e. The topological polar surface area (TPSA) is 30.7 Å². The van der Waals surface area contributed by atoms with Gasteiger partial charge in [0.05, 0.1) is 0 Å². The molecule has 0 aliphatic heterocycles. The van der Waals surface area contributed by atoms with Crippen molar-refractivity contribution in [2.45, 2.75) is 36.2 Å². The lowest BCUT2D eigenvalue weighted by molar-refractivity contribution is 0.635. The number of benzene rings is 1. The van der Waals surface area contributed by atoms with Crippen LogP contribution in [0, 0.1) is 0 Å². The quantitative estimate of drug-likeness (QED) is 0.564. The van der Waals surface area contributed by atoms with Crippen molar-refractivity contribution in [2.75, 3.05) is 0 Å². The molecule has 118 valence electrons. The summed E-state index contributed by atoms with van der Waals surface area (Å²) in [5.74, 6) is 1.90. The standard InChI is InChI=1S/C17H16ClN3S2/c18-15-6-2-1-4-12(15)11-23-17-20-19-16(21(17)13-7-8-13)10-14-5-3-9-22-14/h1-6,9,13H,7-8,10-11H2. The molecule has 4 rings (SSSR count). The average Bonchev–Trinajstić information content (AvgIpc) is 3.11. The van der Waals surface area contributed by atoms with E-state index >= 15 is 0 Å². The van der Waals surface area contributed by atoms with Crippen molar-refractivity contribution in [3.63, 3.8) is 0 Å². The van der Waals surface area contributed by atoms with Gasteiger partial charge in [0.15, 0.2) is 5.16 Å². The Hall–Kier alpha value is -1.30. The molecule has 2 aromatic heterocycles. The van der Waals surface area contributed by atoms with E-state index in [9.17, 15) is 0 Å². The van der Waals surface area contributed by atoms with Gasteiger partial charge in [-0.1, -0.05) is 47.6 Å². The minimum Gasteiger partial charge on any atom is -0.303 e. The second-order valence-corrected chi connectivity index (χ2v) is 8.02. The van der Waals surface area contributed by atoms with E-state index < -0.39 is 0 Å². The largest absolute Gasteiger partial charge is 0.303 e. The summed E-state index contributed by atoms with van der Waals surface area (Å²) in [5.41, 5.74) is 1.14. The molecular formula is C17H16ClN3S2. The molecule has 0 amide bonds. The molecule has 1 aliphatic rings. The maximum atomic E-state index is 6.25. The monoisotopic (exact) mass is 361 g/mol. The van der Waals surface area contributed by atoms with Crippen molar-refractivity contribution in [1.82, 2.24) is 14.8 Å². The van der Waals surface area contributed by atoms with Crippen molar-refractivity contribution >= 4 is 34.7 Å². The summed E-state index contributed by atoms with van der Waals surface area (Å²) < 4.78 is 2.33. The molecule has 0 spiro atoms. The van der Waals surface area contributed by atoms with Crippen LogP contribution in [0.15, 0.2) is 46.9 Å². The van der Waals surface area contributed by atoms with E-state index in [1.54, 1.807) is 23.1 Å². The van der Waals surface area contributed by atoms with Gasteiger partial charge in [-0.3, -0.25) is 0 Å². The lowest BCUT2D eigenvalue weighted by Crippen LogP contribution is -2.03. The SMILES string of the molecule is Clc1ccccc1CSc1nnc(Cc2cccs2)n1C1CC1. The second-order valence-electron chi connectivity index (χ2n) is 5.64. The Morgan fingerprint density at radius 1 is 1.17 bits per heavy atom. The lowest BCUT2D eigenvalue weighted by Gasteiger charge is -2.08. The molecule has 0 atom stereocenters. The van der Waals surface area contributed by atoms with E-state index in [4.69, 9.17) is 11.6 Å². The van der Waals surface area contributed by atoms with Crippen LogP contribution in [-0.4, -0.2) is 14.8 Å². The Bertz CT molecular complexity index is 794. The molecule has 0 saturated heterocycles. The van der Waals surface area contributed by atoms with Crippen LogP contribution in [0.5, 0.6) is 0 Å². The van der Waals surface area contributed by atoms with Gasteiger partial charge in [0.1, 0.15) is 5.82 Å². The van der Waals surface area contributed by atoms with Gasteiger partial charge >= 0.3 is 0 Å². The van der Waals surface area contributed by atoms with Gasteiger partial charge in [-0.25, -0.2) is 0 Å². The van der Waals surface area contributed by atoms with E-state index in [-0.39, 0.29) is 0 Å². The smallest absolute Gasteiger partial charge is 0.191 e. The van der Waals surface area contributed by atoms with E-state index in [2.05, 4.69) is 38.3 Å². The molecular weight excluding hydrogens is 346 g/mol. The minimum atomic E-state index is 0.578. The second kappa shape index (κ2) is 6.67. The van der Waals surface area contributed by atoms with E-state index in [0.717, 1.165) is 33.7 Å². The molecule has 0 radical (unpaired) electrons. The molecule has 1 saturated carbocycles. The average molecular weight is 362 g/mol. The molecule has 1 aromatic carbocycles. The summed E-state index contributed by atoms with van der Waals surface area (Å²) in [5, 5.41) is 12.8. The van der Waals surface area contributed by atoms with Gasteiger partial charge < -0.3 is 4.57 Å². The summed E-state index contributed by atoms with van der Waals surface area (Å²) in [4.78, 5) is 1.34. The van der Waals surface area contributed by atoms with Crippen LogP contribution >= 0.6 is 34.7 Å². The van der Waals surface area contributed by atoms with Crippen molar-refractivity contribution in [2.24, 2.45) is 0 Å². The van der Waals surface area contributed by atoms with Crippen molar-refractivity contribution in [3.05, 3.63) is 63.1 Å². The summed E-state index contributed by atoms with van der Waals surface area (Å²) in [6, 6.07) is 12.8. The highest BCUT2D eigenvalue weighted by atomic mass is 35.5. The predicted molar refractivity (Wildman–Crippen MR) is 96.4 cm³/mol. The summed E-state index contributed by atoms with van der Waals surface area (Å²) in [7, 11) is 0. The van der Waals surface area contributed by atoms with Gasteiger partial charge in [-0.15, -0.1) is 21.5 Å². The molecule has 23 heavy (non-hydrogen) atoms. The molecule has 1 fully saturated rings. The third-order valence-electron chi connectivity index (χ3n) is 3.87. The zero-order valence-electron chi connectivity index (χ0n) is 12.5. The van der Waals surface area contributed by atoms with Crippen LogP contribution in [0.3, 0.4) is 0 Å². The van der Waals surface area contributed by atoms with Crippen LogP contribution in [0.2, 0.25) is 5.02 Å². The number of aromatic nitrogens is 3.